The van der Waals surface area contributed by atoms with Gasteiger partial charge in [0.15, 0.2) is 0 Å². The molecule has 4 nitrogen and oxygen atoms in total. The van der Waals surface area contributed by atoms with Crippen LogP contribution in [-0.2, 0) is 0 Å². The number of aromatic carboxylic acids is 1. The Bertz CT molecular complexity index is 560. The van der Waals surface area contributed by atoms with Crippen LogP contribution in [0.25, 0.3) is 0 Å². The molecule has 116 valence electrons. The fourth-order valence-corrected chi connectivity index (χ4v) is 2.53. The number of benzene rings is 1. The van der Waals surface area contributed by atoms with Gasteiger partial charge in [-0.2, -0.15) is 13.2 Å². The van der Waals surface area contributed by atoms with E-state index >= 15 is 0 Å². The summed E-state index contributed by atoms with van der Waals surface area (Å²) < 4.78 is 51.8. The van der Waals surface area contributed by atoms with Crippen molar-refractivity contribution < 1.29 is 27.5 Å². The highest BCUT2D eigenvalue weighted by Crippen LogP contribution is 2.37. The maximum atomic E-state index is 13.4. The number of alkyl halides is 3. The first kappa shape index (κ1) is 15.4. The number of nitrogens with two attached hydrogens (primary N) is 1. The second-order valence-corrected chi connectivity index (χ2v) is 4.99. The zero-order valence-corrected chi connectivity index (χ0v) is 11.0. The van der Waals surface area contributed by atoms with Gasteiger partial charge in [0.2, 0.25) is 0 Å². The zero-order valence-electron chi connectivity index (χ0n) is 11.0. The van der Waals surface area contributed by atoms with Crippen molar-refractivity contribution in [3.8, 4) is 0 Å². The van der Waals surface area contributed by atoms with E-state index in [2.05, 4.69) is 0 Å². The smallest absolute Gasteiger partial charge is 0.393 e. The second kappa shape index (κ2) is 5.42. The number of halogens is 4. The molecule has 1 unspecified atom stereocenters. The third-order valence-electron chi connectivity index (χ3n) is 3.61. The van der Waals surface area contributed by atoms with Crippen LogP contribution >= 0.6 is 0 Å². The lowest BCUT2D eigenvalue weighted by Crippen LogP contribution is -2.42. The number of carboxylic acids is 1. The normalized spacial score (nSPS) is 19.6. The fraction of sp³-hybridized carbons (Fsp3) is 0.462. The van der Waals surface area contributed by atoms with Gasteiger partial charge in [0.05, 0.1) is 17.3 Å². The minimum absolute atomic E-state index is 0.000911. The van der Waals surface area contributed by atoms with Crippen LogP contribution in [0.1, 0.15) is 23.2 Å². The molecule has 1 heterocycles. The number of rotatable bonds is 2. The Labute approximate surface area is 118 Å². The van der Waals surface area contributed by atoms with Crippen molar-refractivity contribution in [3.05, 3.63) is 23.5 Å². The fourth-order valence-electron chi connectivity index (χ4n) is 2.53. The summed E-state index contributed by atoms with van der Waals surface area (Å²) in [5, 5.41) is 9.13. The molecule has 0 aromatic heterocycles. The molecule has 1 fully saturated rings. The summed E-state index contributed by atoms with van der Waals surface area (Å²) in [6.45, 7) is -0.0766. The van der Waals surface area contributed by atoms with E-state index < -0.39 is 35.1 Å². The standard InChI is InChI=1S/C13H14F4N2O2/c14-8-3-4-9(10(11(8)18)12(20)21)19-5-1-2-7(6-19)13(15,16)17/h3-4,7H,1-2,5-6,18H2,(H,20,21). The van der Waals surface area contributed by atoms with Crippen LogP contribution < -0.4 is 10.6 Å². The number of piperidine rings is 1. The van der Waals surface area contributed by atoms with Crippen LogP contribution in [0.5, 0.6) is 0 Å². The highest BCUT2D eigenvalue weighted by molar-refractivity contribution is 6.00. The number of nitrogens with zero attached hydrogens (tertiary/aromatic N) is 1. The Hall–Kier alpha value is -1.99. The van der Waals surface area contributed by atoms with Crippen molar-refractivity contribution >= 4 is 17.3 Å². The molecule has 8 heteroatoms. The zero-order chi connectivity index (χ0) is 15.8. The molecule has 1 saturated heterocycles. The first-order valence-electron chi connectivity index (χ1n) is 6.34. The van der Waals surface area contributed by atoms with Crippen molar-refractivity contribution in [1.29, 1.82) is 0 Å². The monoisotopic (exact) mass is 306 g/mol. The molecular formula is C13H14F4N2O2. The summed E-state index contributed by atoms with van der Waals surface area (Å²) in [7, 11) is 0. The third-order valence-corrected chi connectivity index (χ3v) is 3.61. The largest absolute Gasteiger partial charge is 0.478 e. The average Bonchev–Trinajstić information content (AvgIpc) is 2.40. The van der Waals surface area contributed by atoms with E-state index in [1.807, 2.05) is 0 Å². The van der Waals surface area contributed by atoms with Gasteiger partial charge in [-0.15, -0.1) is 0 Å². The van der Waals surface area contributed by atoms with Crippen LogP contribution in [0.4, 0.5) is 28.9 Å². The van der Waals surface area contributed by atoms with Gasteiger partial charge in [-0.3, -0.25) is 0 Å². The van der Waals surface area contributed by atoms with E-state index in [-0.39, 0.29) is 31.6 Å². The number of nitrogen functional groups attached to an aromatic ring is 1. The second-order valence-electron chi connectivity index (χ2n) is 4.99. The molecule has 21 heavy (non-hydrogen) atoms. The summed E-state index contributed by atoms with van der Waals surface area (Å²) >= 11 is 0. The van der Waals surface area contributed by atoms with E-state index in [4.69, 9.17) is 10.8 Å². The molecule has 0 amide bonds. The molecule has 1 aliphatic rings. The van der Waals surface area contributed by atoms with Gasteiger partial charge in [0.25, 0.3) is 0 Å². The summed E-state index contributed by atoms with van der Waals surface area (Å²) in [5.74, 6) is -3.89. The first-order valence-corrected chi connectivity index (χ1v) is 6.34. The Morgan fingerprint density at radius 1 is 1.38 bits per heavy atom. The van der Waals surface area contributed by atoms with E-state index in [9.17, 15) is 22.4 Å². The molecule has 3 N–H and O–H groups in total. The lowest BCUT2D eigenvalue weighted by atomic mass is 9.96. The molecule has 0 bridgehead atoms. The Balaban J connectivity index is 2.38. The predicted molar refractivity (Wildman–Crippen MR) is 68.8 cm³/mol. The van der Waals surface area contributed by atoms with Crippen molar-refractivity contribution in [2.75, 3.05) is 23.7 Å². The maximum Gasteiger partial charge on any atom is 0.393 e. The van der Waals surface area contributed by atoms with Crippen molar-refractivity contribution in [1.82, 2.24) is 0 Å². The maximum absolute atomic E-state index is 13.4. The summed E-state index contributed by atoms with van der Waals surface area (Å²) in [6.07, 6.45) is -4.06. The van der Waals surface area contributed by atoms with Crippen LogP contribution in [0.3, 0.4) is 0 Å². The van der Waals surface area contributed by atoms with Crippen molar-refractivity contribution in [2.24, 2.45) is 5.92 Å². The van der Waals surface area contributed by atoms with Gasteiger partial charge in [-0.1, -0.05) is 0 Å². The van der Waals surface area contributed by atoms with Crippen molar-refractivity contribution in [3.63, 3.8) is 0 Å². The van der Waals surface area contributed by atoms with E-state index in [0.717, 1.165) is 12.1 Å². The highest BCUT2D eigenvalue weighted by Gasteiger charge is 2.42. The van der Waals surface area contributed by atoms with Crippen molar-refractivity contribution in [2.45, 2.75) is 19.0 Å². The first-order chi connectivity index (χ1) is 9.71. The minimum Gasteiger partial charge on any atom is -0.478 e. The topological polar surface area (TPSA) is 66.6 Å². The van der Waals surface area contributed by atoms with Gasteiger partial charge in [-0.05, 0) is 25.0 Å². The molecule has 0 aliphatic carbocycles. The number of hydrogen-bond acceptors (Lipinski definition) is 3. The van der Waals surface area contributed by atoms with Gasteiger partial charge in [0, 0.05) is 13.1 Å². The van der Waals surface area contributed by atoms with Gasteiger partial charge in [0.1, 0.15) is 11.4 Å². The number of carboxylic acid groups (broad SMARTS) is 1. The molecule has 2 rings (SSSR count). The Morgan fingerprint density at radius 3 is 2.62 bits per heavy atom. The molecule has 1 atom stereocenters. The summed E-state index contributed by atoms with van der Waals surface area (Å²) in [6, 6.07) is 2.13. The number of carbonyl (C=O) groups is 1. The van der Waals surface area contributed by atoms with E-state index in [1.165, 1.54) is 4.90 Å². The van der Waals surface area contributed by atoms with Gasteiger partial charge in [-0.25, -0.2) is 9.18 Å². The lowest BCUT2D eigenvalue weighted by Gasteiger charge is -2.36. The highest BCUT2D eigenvalue weighted by atomic mass is 19.4. The van der Waals surface area contributed by atoms with E-state index in [0.29, 0.717) is 0 Å². The van der Waals surface area contributed by atoms with Crippen LogP contribution in [0.2, 0.25) is 0 Å². The SMILES string of the molecule is Nc1c(F)ccc(N2CCCC(C(F)(F)F)C2)c1C(=O)O. The van der Waals surface area contributed by atoms with Crippen LogP contribution in [-0.4, -0.2) is 30.3 Å². The quantitative estimate of drug-likeness (QED) is 0.651. The summed E-state index contributed by atoms with van der Waals surface area (Å²) in [5.41, 5.74) is 4.38. The third kappa shape index (κ3) is 3.03. The molecule has 1 aliphatic heterocycles. The minimum atomic E-state index is -4.34. The predicted octanol–water partition coefficient (Wildman–Crippen LogP) is 2.88. The Morgan fingerprint density at radius 2 is 2.05 bits per heavy atom. The molecule has 0 saturated carbocycles. The molecule has 0 spiro atoms. The average molecular weight is 306 g/mol. The Kier molecular flexibility index (Phi) is 3.97. The van der Waals surface area contributed by atoms with Gasteiger partial charge >= 0.3 is 12.1 Å². The molecule has 1 aromatic rings. The molecule has 0 radical (unpaired) electrons. The van der Waals surface area contributed by atoms with E-state index in [1.54, 1.807) is 0 Å². The lowest BCUT2D eigenvalue weighted by molar-refractivity contribution is -0.175. The van der Waals surface area contributed by atoms with Crippen LogP contribution in [0.15, 0.2) is 12.1 Å². The summed E-state index contributed by atoms with van der Waals surface area (Å²) in [4.78, 5) is 12.5. The molecular weight excluding hydrogens is 292 g/mol. The number of hydrogen-bond donors (Lipinski definition) is 2. The number of anilines is 2. The van der Waals surface area contributed by atoms with Crippen LogP contribution in [0, 0.1) is 11.7 Å². The van der Waals surface area contributed by atoms with Gasteiger partial charge < -0.3 is 15.7 Å². The molecule has 1 aromatic carbocycles.